The molecule has 5 N–H and O–H groups in total. The fraction of sp³-hybridized carbons (Fsp3) is 0.214. The standard InChI is InChI=1S/C28H28Cl2N8O2/c29-20-5-1-19(2-6-20)25-17-24(37-38(25)23-11-7-21(30)8-12-23)18-3-9-22(10-4-18)33-28-35-26(31-13-15-39)34-27(36-28)32-14-16-40/h1-12,25,39-40H,13-17H2,(H3,31,32,33,34,35,36). The molecule has 0 saturated carbocycles. The molecule has 0 radical (unpaired) electrons. The number of hydrazone groups is 1. The number of anilines is 5. The lowest BCUT2D eigenvalue weighted by atomic mass is 9.98. The van der Waals surface area contributed by atoms with Gasteiger partial charge in [0.05, 0.1) is 30.7 Å². The molecule has 10 nitrogen and oxygen atoms in total. The van der Waals surface area contributed by atoms with Gasteiger partial charge in [-0.05, 0) is 59.7 Å². The molecule has 4 aromatic rings. The summed E-state index contributed by atoms with van der Waals surface area (Å²) in [4.78, 5) is 13.0. The van der Waals surface area contributed by atoms with Crippen LogP contribution in [-0.4, -0.2) is 57.2 Å². The van der Waals surface area contributed by atoms with Crippen molar-refractivity contribution in [1.82, 2.24) is 15.0 Å². The van der Waals surface area contributed by atoms with Crippen molar-refractivity contribution in [2.45, 2.75) is 12.5 Å². The SMILES string of the molecule is OCCNc1nc(NCCO)nc(Nc2ccc(C3=NN(c4ccc(Cl)cc4)C(c4ccc(Cl)cc4)C3)cc2)n1. The average molecular weight is 579 g/mol. The van der Waals surface area contributed by atoms with Gasteiger partial charge in [0.1, 0.15) is 0 Å². The molecule has 0 fully saturated rings. The third-order valence-electron chi connectivity index (χ3n) is 6.16. The van der Waals surface area contributed by atoms with Gasteiger partial charge in [-0.25, -0.2) is 0 Å². The molecule has 206 valence electrons. The van der Waals surface area contributed by atoms with Gasteiger partial charge in [0.25, 0.3) is 0 Å². The van der Waals surface area contributed by atoms with Gasteiger partial charge < -0.3 is 26.2 Å². The van der Waals surface area contributed by atoms with Crippen LogP contribution in [0.5, 0.6) is 0 Å². The quantitative estimate of drug-likeness (QED) is 0.165. The van der Waals surface area contributed by atoms with E-state index in [0.717, 1.165) is 28.2 Å². The molecule has 3 aromatic carbocycles. The highest BCUT2D eigenvalue weighted by atomic mass is 35.5. The minimum atomic E-state index is -0.0620. The highest BCUT2D eigenvalue weighted by molar-refractivity contribution is 6.30. The number of aliphatic hydroxyl groups excluding tert-OH is 2. The molecule has 5 rings (SSSR count). The van der Waals surface area contributed by atoms with E-state index in [9.17, 15) is 0 Å². The largest absolute Gasteiger partial charge is 0.395 e. The van der Waals surface area contributed by atoms with Crippen molar-refractivity contribution in [2.75, 3.05) is 47.3 Å². The van der Waals surface area contributed by atoms with E-state index in [1.54, 1.807) is 0 Å². The highest BCUT2D eigenvalue weighted by Gasteiger charge is 2.30. The number of aromatic nitrogens is 3. The third-order valence-corrected chi connectivity index (χ3v) is 6.66. The maximum Gasteiger partial charge on any atom is 0.233 e. The van der Waals surface area contributed by atoms with Gasteiger partial charge >= 0.3 is 0 Å². The molecule has 12 heteroatoms. The van der Waals surface area contributed by atoms with E-state index in [-0.39, 0.29) is 19.3 Å². The van der Waals surface area contributed by atoms with E-state index in [2.05, 4.69) is 30.9 Å². The van der Waals surface area contributed by atoms with Crippen molar-refractivity contribution in [1.29, 1.82) is 0 Å². The summed E-state index contributed by atoms with van der Waals surface area (Å²) in [7, 11) is 0. The zero-order chi connectivity index (χ0) is 27.9. The maximum atomic E-state index is 9.12. The fourth-order valence-electron chi connectivity index (χ4n) is 4.26. The van der Waals surface area contributed by atoms with Crippen molar-refractivity contribution >= 4 is 58.1 Å². The predicted molar refractivity (Wildman–Crippen MR) is 160 cm³/mol. The van der Waals surface area contributed by atoms with Crippen molar-refractivity contribution in [3.8, 4) is 0 Å². The fourth-order valence-corrected chi connectivity index (χ4v) is 4.51. The Morgan fingerprint density at radius 1 is 0.725 bits per heavy atom. The van der Waals surface area contributed by atoms with Crippen LogP contribution in [0.3, 0.4) is 0 Å². The predicted octanol–water partition coefficient (Wildman–Crippen LogP) is 5.09. The van der Waals surface area contributed by atoms with Crippen molar-refractivity contribution < 1.29 is 10.2 Å². The summed E-state index contributed by atoms with van der Waals surface area (Å²) in [5.74, 6) is 0.928. The van der Waals surface area contributed by atoms with E-state index in [0.29, 0.717) is 47.4 Å². The van der Waals surface area contributed by atoms with Gasteiger partial charge in [-0.1, -0.05) is 47.5 Å². The Bertz CT molecular complexity index is 1420. The lowest BCUT2D eigenvalue weighted by Crippen LogP contribution is -2.18. The number of benzene rings is 3. The summed E-state index contributed by atoms with van der Waals surface area (Å²) >= 11 is 12.3. The number of aliphatic hydroxyl groups is 2. The minimum absolute atomic E-state index is 0.00569. The van der Waals surface area contributed by atoms with E-state index >= 15 is 0 Å². The summed E-state index contributed by atoms with van der Waals surface area (Å²) in [5.41, 5.74) is 4.78. The molecular formula is C28H28Cl2N8O2. The normalized spacial score (nSPS) is 14.7. The van der Waals surface area contributed by atoms with E-state index < -0.39 is 0 Å². The second-order valence-electron chi connectivity index (χ2n) is 8.95. The first-order valence-electron chi connectivity index (χ1n) is 12.7. The summed E-state index contributed by atoms with van der Waals surface area (Å²) in [6.45, 7) is 0.467. The molecule has 1 aliphatic rings. The highest BCUT2D eigenvalue weighted by Crippen LogP contribution is 2.37. The number of nitrogens with zero attached hydrogens (tertiary/aromatic N) is 5. The molecular weight excluding hydrogens is 551 g/mol. The van der Waals surface area contributed by atoms with Crippen LogP contribution in [0.25, 0.3) is 0 Å². The van der Waals surface area contributed by atoms with Crippen LogP contribution in [-0.2, 0) is 0 Å². The molecule has 0 spiro atoms. The van der Waals surface area contributed by atoms with Crippen LogP contribution < -0.4 is 21.0 Å². The van der Waals surface area contributed by atoms with Crippen LogP contribution in [0.2, 0.25) is 10.0 Å². The topological polar surface area (TPSA) is 131 Å². The number of hydrogen-bond acceptors (Lipinski definition) is 10. The lowest BCUT2D eigenvalue weighted by molar-refractivity contribution is 0.310. The monoisotopic (exact) mass is 578 g/mol. The number of rotatable bonds is 11. The van der Waals surface area contributed by atoms with Crippen LogP contribution in [0.4, 0.5) is 29.2 Å². The Morgan fingerprint density at radius 2 is 1.27 bits per heavy atom. The van der Waals surface area contributed by atoms with E-state index in [1.807, 2.05) is 77.8 Å². The van der Waals surface area contributed by atoms with Crippen molar-refractivity contribution in [3.05, 3.63) is 94.0 Å². The van der Waals surface area contributed by atoms with Crippen LogP contribution in [0.15, 0.2) is 77.9 Å². The van der Waals surface area contributed by atoms with Gasteiger partial charge in [-0.3, -0.25) is 5.01 Å². The molecule has 1 atom stereocenters. The maximum absolute atomic E-state index is 9.12. The summed E-state index contributed by atoms with van der Waals surface area (Å²) < 4.78 is 0. The summed E-state index contributed by atoms with van der Waals surface area (Å²) in [6.07, 6.45) is 0.713. The number of hydrogen-bond donors (Lipinski definition) is 5. The first-order valence-corrected chi connectivity index (χ1v) is 13.5. The van der Waals surface area contributed by atoms with Gasteiger partial charge in [0, 0.05) is 35.2 Å². The summed E-state index contributed by atoms with van der Waals surface area (Å²) in [6, 6.07) is 23.4. The molecule has 0 amide bonds. The second-order valence-corrected chi connectivity index (χ2v) is 9.82. The molecule has 1 aliphatic heterocycles. The molecule has 0 bridgehead atoms. The van der Waals surface area contributed by atoms with Gasteiger partial charge in [-0.2, -0.15) is 20.1 Å². The average Bonchev–Trinajstić information content (AvgIpc) is 3.41. The smallest absolute Gasteiger partial charge is 0.233 e. The van der Waals surface area contributed by atoms with Crippen molar-refractivity contribution in [2.24, 2.45) is 5.10 Å². The third kappa shape index (κ3) is 6.78. The Hall–Kier alpha value is -3.96. The van der Waals surface area contributed by atoms with Gasteiger partial charge in [0.15, 0.2) is 0 Å². The van der Waals surface area contributed by atoms with Crippen LogP contribution in [0, 0.1) is 0 Å². The Morgan fingerprint density at radius 3 is 1.85 bits per heavy atom. The van der Waals surface area contributed by atoms with E-state index in [4.69, 9.17) is 38.5 Å². The first kappa shape index (κ1) is 27.6. The Kier molecular flexibility index (Phi) is 8.92. The van der Waals surface area contributed by atoms with Crippen LogP contribution >= 0.6 is 23.2 Å². The number of halogens is 2. The summed E-state index contributed by atoms with van der Waals surface area (Å²) in [5, 5.41) is 35.7. The number of nitrogens with one attached hydrogen (secondary N) is 3. The van der Waals surface area contributed by atoms with E-state index in [1.165, 1.54) is 0 Å². The molecule has 2 heterocycles. The minimum Gasteiger partial charge on any atom is -0.395 e. The van der Waals surface area contributed by atoms with Crippen molar-refractivity contribution in [3.63, 3.8) is 0 Å². The molecule has 0 aliphatic carbocycles. The first-order chi connectivity index (χ1) is 19.5. The second kappa shape index (κ2) is 12.9. The Balaban J connectivity index is 1.37. The zero-order valence-corrected chi connectivity index (χ0v) is 22.9. The zero-order valence-electron chi connectivity index (χ0n) is 21.4. The molecule has 0 saturated heterocycles. The molecule has 40 heavy (non-hydrogen) atoms. The van der Waals surface area contributed by atoms with Crippen LogP contribution in [0.1, 0.15) is 23.6 Å². The molecule has 1 unspecified atom stereocenters. The lowest BCUT2D eigenvalue weighted by Gasteiger charge is -2.24. The molecule has 1 aromatic heterocycles. The van der Waals surface area contributed by atoms with Gasteiger partial charge in [0.2, 0.25) is 17.8 Å². The van der Waals surface area contributed by atoms with Gasteiger partial charge in [-0.15, -0.1) is 0 Å². The Labute approximate surface area is 241 Å².